The van der Waals surface area contributed by atoms with Crippen LogP contribution in [0.4, 0.5) is 0 Å². The summed E-state index contributed by atoms with van der Waals surface area (Å²) in [5, 5.41) is 3.81. The third-order valence-corrected chi connectivity index (χ3v) is 4.59. The Morgan fingerprint density at radius 1 is 1.19 bits per heavy atom. The molecule has 1 N–H and O–H groups in total. The summed E-state index contributed by atoms with van der Waals surface area (Å²) in [5.74, 6) is 0. The van der Waals surface area contributed by atoms with Gasteiger partial charge in [0.2, 0.25) is 0 Å². The van der Waals surface area contributed by atoms with Crippen molar-refractivity contribution in [3.05, 3.63) is 0 Å². The van der Waals surface area contributed by atoms with Gasteiger partial charge in [0.05, 0.1) is 0 Å². The Kier molecular flexibility index (Phi) is 3.60. The van der Waals surface area contributed by atoms with E-state index in [9.17, 15) is 0 Å². The smallest absolute Gasteiger partial charge is 0.0139 e. The molecule has 94 valence electrons. The highest BCUT2D eigenvalue weighted by atomic mass is 15.2. The van der Waals surface area contributed by atoms with Crippen LogP contribution in [0.5, 0.6) is 0 Å². The molecule has 0 radical (unpaired) electrons. The topological polar surface area (TPSA) is 15.3 Å². The molecule has 1 heterocycles. The lowest BCUT2D eigenvalue weighted by Crippen LogP contribution is -2.46. The summed E-state index contributed by atoms with van der Waals surface area (Å²) in [6.07, 6.45) is 5.68. The first-order chi connectivity index (χ1) is 7.53. The lowest BCUT2D eigenvalue weighted by atomic mass is 9.81. The van der Waals surface area contributed by atoms with E-state index >= 15 is 0 Å². The van der Waals surface area contributed by atoms with Crippen molar-refractivity contribution in [2.45, 2.75) is 71.5 Å². The first-order valence-electron chi connectivity index (χ1n) is 7.03. The summed E-state index contributed by atoms with van der Waals surface area (Å²) in [4.78, 5) is 2.67. The summed E-state index contributed by atoms with van der Waals surface area (Å²) < 4.78 is 0. The van der Waals surface area contributed by atoms with Crippen LogP contribution in [0.1, 0.15) is 53.4 Å². The highest BCUT2D eigenvalue weighted by molar-refractivity contribution is 5.03. The van der Waals surface area contributed by atoms with E-state index in [0.29, 0.717) is 11.5 Å². The van der Waals surface area contributed by atoms with E-state index in [0.717, 1.165) is 12.1 Å². The molecular formula is C14H28N2. The zero-order chi connectivity index (χ0) is 11.8. The fourth-order valence-corrected chi connectivity index (χ4v) is 3.66. The number of nitrogens with zero attached hydrogens (tertiary/aromatic N) is 1. The molecule has 0 aromatic carbocycles. The molecule has 2 heteroatoms. The minimum absolute atomic E-state index is 0.606. The summed E-state index contributed by atoms with van der Waals surface area (Å²) in [5.41, 5.74) is 0.606. The monoisotopic (exact) mass is 224 g/mol. The quantitative estimate of drug-likeness (QED) is 0.793. The van der Waals surface area contributed by atoms with Crippen molar-refractivity contribution in [3.8, 4) is 0 Å². The fraction of sp³-hybridized carbons (Fsp3) is 1.00. The first kappa shape index (κ1) is 12.4. The molecule has 1 aliphatic carbocycles. The van der Waals surface area contributed by atoms with Crippen molar-refractivity contribution in [3.63, 3.8) is 0 Å². The average molecular weight is 224 g/mol. The van der Waals surface area contributed by atoms with E-state index in [4.69, 9.17) is 0 Å². The van der Waals surface area contributed by atoms with Gasteiger partial charge in [-0.05, 0) is 45.1 Å². The van der Waals surface area contributed by atoms with Crippen molar-refractivity contribution < 1.29 is 0 Å². The maximum Gasteiger partial charge on any atom is 0.0139 e. The van der Waals surface area contributed by atoms with Gasteiger partial charge in [-0.2, -0.15) is 0 Å². The van der Waals surface area contributed by atoms with Gasteiger partial charge >= 0.3 is 0 Å². The molecule has 2 atom stereocenters. The van der Waals surface area contributed by atoms with Gasteiger partial charge in [-0.15, -0.1) is 0 Å². The lowest BCUT2D eigenvalue weighted by molar-refractivity contribution is 0.188. The Balaban J connectivity index is 2.01. The Labute approximate surface area is 101 Å². The fourth-order valence-electron chi connectivity index (χ4n) is 3.66. The third kappa shape index (κ3) is 2.28. The normalized spacial score (nSPS) is 36.0. The van der Waals surface area contributed by atoms with Crippen LogP contribution in [-0.2, 0) is 0 Å². The van der Waals surface area contributed by atoms with Crippen molar-refractivity contribution in [1.29, 1.82) is 0 Å². The van der Waals surface area contributed by atoms with Gasteiger partial charge in [-0.1, -0.05) is 20.3 Å². The zero-order valence-corrected chi connectivity index (χ0v) is 11.4. The minimum atomic E-state index is 0.606. The van der Waals surface area contributed by atoms with Crippen LogP contribution in [0.3, 0.4) is 0 Å². The Morgan fingerprint density at radius 2 is 1.94 bits per heavy atom. The lowest BCUT2D eigenvalue weighted by Gasteiger charge is -2.34. The minimum Gasteiger partial charge on any atom is -0.311 e. The summed E-state index contributed by atoms with van der Waals surface area (Å²) >= 11 is 0. The molecule has 0 aromatic heterocycles. The molecule has 2 rings (SSSR count). The molecule has 0 aromatic rings. The maximum atomic E-state index is 3.81. The van der Waals surface area contributed by atoms with Crippen LogP contribution < -0.4 is 5.32 Å². The van der Waals surface area contributed by atoms with E-state index in [-0.39, 0.29) is 0 Å². The second-order valence-electron chi connectivity index (χ2n) is 6.44. The second kappa shape index (κ2) is 4.66. The van der Waals surface area contributed by atoms with Crippen LogP contribution >= 0.6 is 0 Å². The molecule has 2 aliphatic rings. The summed E-state index contributed by atoms with van der Waals surface area (Å²) in [7, 11) is 0. The standard InChI is InChI=1S/C14H28N2/c1-11(2)15-13-6-5-7-14(13)8-9-16(10-14)12(3)4/h11-13,15H,5-10H2,1-4H3. The van der Waals surface area contributed by atoms with E-state index in [1.807, 2.05) is 0 Å². The van der Waals surface area contributed by atoms with Gasteiger partial charge in [-0.3, -0.25) is 0 Å². The molecule has 16 heavy (non-hydrogen) atoms. The van der Waals surface area contributed by atoms with Crippen LogP contribution in [0.25, 0.3) is 0 Å². The SMILES string of the molecule is CC(C)NC1CCCC12CCN(C(C)C)C2. The van der Waals surface area contributed by atoms with E-state index < -0.39 is 0 Å². The van der Waals surface area contributed by atoms with Gasteiger partial charge in [0, 0.05) is 24.7 Å². The third-order valence-electron chi connectivity index (χ3n) is 4.59. The Hall–Kier alpha value is -0.0800. The molecule has 2 fully saturated rings. The van der Waals surface area contributed by atoms with Gasteiger partial charge in [0.25, 0.3) is 0 Å². The first-order valence-corrected chi connectivity index (χ1v) is 7.03. The number of likely N-dealkylation sites (tertiary alicyclic amines) is 1. The summed E-state index contributed by atoms with van der Waals surface area (Å²) in [6, 6.07) is 2.13. The molecule has 1 spiro atoms. The highest BCUT2D eigenvalue weighted by Crippen LogP contribution is 2.46. The number of rotatable bonds is 3. The predicted molar refractivity (Wildman–Crippen MR) is 69.7 cm³/mol. The van der Waals surface area contributed by atoms with Crippen LogP contribution in [0, 0.1) is 5.41 Å². The molecule has 1 saturated heterocycles. The number of hydrogen-bond donors (Lipinski definition) is 1. The molecule has 0 amide bonds. The number of hydrogen-bond acceptors (Lipinski definition) is 2. The Bertz CT molecular complexity index is 237. The molecule has 1 aliphatic heterocycles. The van der Waals surface area contributed by atoms with Gasteiger partial charge in [-0.25, -0.2) is 0 Å². The largest absolute Gasteiger partial charge is 0.311 e. The molecular weight excluding hydrogens is 196 g/mol. The molecule has 1 saturated carbocycles. The van der Waals surface area contributed by atoms with Gasteiger partial charge in [0.1, 0.15) is 0 Å². The molecule has 2 unspecified atom stereocenters. The maximum absolute atomic E-state index is 3.81. The summed E-state index contributed by atoms with van der Waals surface area (Å²) in [6.45, 7) is 11.9. The van der Waals surface area contributed by atoms with Crippen LogP contribution in [0.2, 0.25) is 0 Å². The van der Waals surface area contributed by atoms with Gasteiger partial charge in [0.15, 0.2) is 0 Å². The molecule has 2 nitrogen and oxygen atoms in total. The van der Waals surface area contributed by atoms with Gasteiger partial charge < -0.3 is 10.2 Å². The van der Waals surface area contributed by atoms with E-state index in [1.54, 1.807) is 0 Å². The second-order valence-corrected chi connectivity index (χ2v) is 6.44. The van der Waals surface area contributed by atoms with Crippen molar-refractivity contribution in [2.24, 2.45) is 5.41 Å². The highest BCUT2D eigenvalue weighted by Gasteiger charge is 2.47. The van der Waals surface area contributed by atoms with Crippen molar-refractivity contribution >= 4 is 0 Å². The van der Waals surface area contributed by atoms with E-state index in [2.05, 4.69) is 37.9 Å². The Morgan fingerprint density at radius 3 is 2.50 bits per heavy atom. The number of nitrogens with one attached hydrogen (secondary N) is 1. The molecule has 0 bridgehead atoms. The van der Waals surface area contributed by atoms with Crippen molar-refractivity contribution in [2.75, 3.05) is 13.1 Å². The van der Waals surface area contributed by atoms with Crippen LogP contribution in [0.15, 0.2) is 0 Å². The predicted octanol–water partition coefficient (Wildman–Crippen LogP) is 2.64. The van der Waals surface area contributed by atoms with Crippen molar-refractivity contribution in [1.82, 2.24) is 10.2 Å². The zero-order valence-electron chi connectivity index (χ0n) is 11.4. The van der Waals surface area contributed by atoms with Crippen LogP contribution in [-0.4, -0.2) is 36.1 Å². The average Bonchev–Trinajstić information content (AvgIpc) is 2.76. The van der Waals surface area contributed by atoms with E-state index in [1.165, 1.54) is 38.8 Å².